The lowest BCUT2D eigenvalue weighted by molar-refractivity contribution is -0.137. The smallest absolute Gasteiger partial charge is 0.303 e. The quantitative estimate of drug-likeness (QED) is 0.696. The summed E-state index contributed by atoms with van der Waals surface area (Å²) >= 11 is 1.38. The van der Waals surface area contributed by atoms with Crippen molar-refractivity contribution in [2.45, 2.75) is 25.9 Å². The molecular formula is C11H16N2O4S. The van der Waals surface area contributed by atoms with Gasteiger partial charge in [-0.15, -0.1) is 11.3 Å². The van der Waals surface area contributed by atoms with Crippen LogP contribution in [0.1, 0.15) is 34.8 Å². The van der Waals surface area contributed by atoms with Gasteiger partial charge in [0.1, 0.15) is 10.7 Å². The van der Waals surface area contributed by atoms with E-state index in [1.54, 1.807) is 12.5 Å². The second kappa shape index (κ2) is 7.78. The molecule has 1 aromatic heterocycles. The fraction of sp³-hybridized carbons (Fsp3) is 0.545. The molecule has 0 saturated heterocycles. The van der Waals surface area contributed by atoms with Crippen molar-refractivity contribution in [2.24, 2.45) is 0 Å². The molecule has 18 heavy (non-hydrogen) atoms. The van der Waals surface area contributed by atoms with Crippen LogP contribution in [0.2, 0.25) is 0 Å². The van der Waals surface area contributed by atoms with E-state index in [0.717, 1.165) is 5.01 Å². The van der Waals surface area contributed by atoms with E-state index >= 15 is 0 Å². The van der Waals surface area contributed by atoms with Crippen LogP contribution in [0.25, 0.3) is 0 Å². The summed E-state index contributed by atoms with van der Waals surface area (Å²) in [5, 5.41) is 13.6. The van der Waals surface area contributed by atoms with Gasteiger partial charge in [0, 0.05) is 25.5 Å². The molecule has 0 aliphatic carbocycles. The summed E-state index contributed by atoms with van der Waals surface area (Å²) in [7, 11) is 1.57. The van der Waals surface area contributed by atoms with Crippen molar-refractivity contribution in [3.05, 3.63) is 16.1 Å². The minimum atomic E-state index is -0.815. The van der Waals surface area contributed by atoms with Gasteiger partial charge in [0.15, 0.2) is 0 Å². The molecule has 0 radical (unpaired) electrons. The highest BCUT2D eigenvalue weighted by molar-refractivity contribution is 7.09. The Bertz CT molecular complexity index is 406. The standard InChI is InChI=1S/C11H16N2O4S/c1-17-6-9-13-8(7-18-9)11(16)12-5-3-2-4-10(14)15/h7H,2-6H2,1H3,(H,12,16)(H,14,15). The second-order valence-electron chi connectivity index (χ2n) is 3.67. The molecule has 100 valence electrons. The number of unbranched alkanes of at least 4 members (excludes halogenated alkanes) is 1. The molecule has 1 amide bonds. The summed E-state index contributed by atoms with van der Waals surface area (Å²) in [4.78, 5) is 26.0. The Morgan fingerprint density at radius 3 is 2.94 bits per heavy atom. The number of aliphatic carboxylic acids is 1. The first-order valence-electron chi connectivity index (χ1n) is 5.57. The van der Waals surface area contributed by atoms with Crippen LogP contribution in [-0.4, -0.2) is 35.6 Å². The minimum absolute atomic E-state index is 0.130. The molecule has 1 aromatic rings. The number of aromatic nitrogens is 1. The van der Waals surface area contributed by atoms with Gasteiger partial charge in [0.25, 0.3) is 5.91 Å². The number of methoxy groups -OCH3 is 1. The van der Waals surface area contributed by atoms with E-state index in [-0.39, 0.29) is 12.3 Å². The summed E-state index contributed by atoms with van der Waals surface area (Å²) < 4.78 is 4.92. The monoisotopic (exact) mass is 272 g/mol. The molecule has 0 fully saturated rings. The molecular weight excluding hydrogens is 256 g/mol. The van der Waals surface area contributed by atoms with E-state index in [1.165, 1.54) is 11.3 Å². The van der Waals surface area contributed by atoms with Gasteiger partial charge in [-0.05, 0) is 12.8 Å². The lowest BCUT2D eigenvalue weighted by Gasteiger charge is -2.01. The number of ether oxygens (including phenoxy) is 1. The third kappa shape index (κ3) is 5.24. The second-order valence-corrected chi connectivity index (χ2v) is 4.61. The molecule has 0 saturated carbocycles. The molecule has 0 bridgehead atoms. The van der Waals surface area contributed by atoms with Gasteiger partial charge < -0.3 is 15.2 Å². The van der Waals surface area contributed by atoms with Crippen LogP contribution in [0.15, 0.2) is 5.38 Å². The van der Waals surface area contributed by atoms with Crippen LogP contribution in [0.3, 0.4) is 0 Å². The third-order valence-corrected chi connectivity index (χ3v) is 2.98. The maximum Gasteiger partial charge on any atom is 0.303 e. The summed E-state index contributed by atoms with van der Waals surface area (Å²) in [6.07, 6.45) is 1.33. The Kier molecular flexibility index (Phi) is 6.31. The number of carboxylic acid groups (broad SMARTS) is 1. The first-order valence-corrected chi connectivity index (χ1v) is 6.44. The van der Waals surface area contributed by atoms with Crippen LogP contribution in [0, 0.1) is 0 Å². The van der Waals surface area contributed by atoms with Crippen molar-refractivity contribution >= 4 is 23.2 Å². The fourth-order valence-electron chi connectivity index (χ4n) is 1.30. The zero-order valence-corrected chi connectivity index (χ0v) is 11.0. The molecule has 6 nitrogen and oxygen atoms in total. The number of carbonyl (C=O) groups is 2. The molecule has 0 spiro atoms. The lowest BCUT2D eigenvalue weighted by Crippen LogP contribution is -2.24. The fourth-order valence-corrected chi connectivity index (χ4v) is 2.04. The predicted molar refractivity (Wildman–Crippen MR) is 66.6 cm³/mol. The van der Waals surface area contributed by atoms with E-state index < -0.39 is 5.97 Å². The van der Waals surface area contributed by atoms with Crippen molar-refractivity contribution in [1.82, 2.24) is 10.3 Å². The third-order valence-electron chi connectivity index (χ3n) is 2.16. The Labute approximate surface area is 109 Å². The average molecular weight is 272 g/mol. The van der Waals surface area contributed by atoms with Gasteiger partial charge >= 0.3 is 5.97 Å². The number of carbonyl (C=O) groups excluding carboxylic acids is 1. The van der Waals surface area contributed by atoms with Gasteiger partial charge in [-0.25, -0.2) is 4.98 Å². The Morgan fingerprint density at radius 2 is 2.28 bits per heavy atom. The van der Waals surface area contributed by atoms with Crippen molar-refractivity contribution in [3.8, 4) is 0 Å². The zero-order valence-electron chi connectivity index (χ0n) is 10.1. The summed E-state index contributed by atoms with van der Waals surface area (Å²) in [6.45, 7) is 0.861. The van der Waals surface area contributed by atoms with E-state index in [9.17, 15) is 9.59 Å². The largest absolute Gasteiger partial charge is 0.481 e. The van der Waals surface area contributed by atoms with Crippen molar-refractivity contribution in [3.63, 3.8) is 0 Å². The summed E-state index contributed by atoms with van der Waals surface area (Å²) in [6, 6.07) is 0. The lowest BCUT2D eigenvalue weighted by atomic mass is 10.2. The van der Waals surface area contributed by atoms with Gasteiger partial charge in [0.2, 0.25) is 0 Å². The van der Waals surface area contributed by atoms with Crippen LogP contribution in [-0.2, 0) is 16.1 Å². The molecule has 7 heteroatoms. The number of nitrogens with one attached hydrogen (secondary N) is 1. The minimum Gasteiger partial charge on any atom is -0.481 e. The van der Waals surface area contributed by atoms with Gasteiger partial charge in [-0.2, -0.15) is 0 Å². The van der Waals surface area contributed by atoms with Gasteiger partial charge in [0.05, 0.1) is 6.61 Å². The molecule has 0 aromatic carbocycles. The Hall–Kier alpha value is -1.47. The SMILES string of the molecule is COCc1nc(C(=O)NCCCCC(=O)O)cs1. The van der Waals surface area contributed by atoms with Gasteiger partial charge in [-0.1, -0.05) is 0 Å². The number of carboxylic acids is 1. The molecule has 2 N–H and O–H groups in total. The van der Waals surface area contributed by atoms with Crippen molar-refractivity contribution in [1.29, 1.82) is 0 Å². The number of hydrogen-bond acceptors (Lipinski definition) is 5. The molecule has 0 aliphatic heterocycles. The predicted octanol–water partition coefficient (Wildman–Crippen LogP) is 1.27. The van der Waals surface area contributed by atoms with Crippen LogP contribution in [0.4, 0.5) is 0 Å². The zero-order chi connectivity index (χ0) is 13.4. The van der Waals surface area contributed by atoms with Gasteiger partial charge in [-0.3, -0.25) is 9.59 Å². The highest BCUT2D eigenvalue weighted by atomic mass is 32.1. The Balaban J connectivity index is 2.25. The van der Waals surface area contributed by atoms with Crippen LogP contribution >= 0.6 is 11.3 Å². The number of rotatable bonds is 8. The topological polar surface area (TPSA) is 88.5 Å². The highest BCUT2D eigenvalue weighted by Gasteiger charge is 2.09. The summed E-state index contributed by atoms with van der Waals surface area (Å²) in [5.74, 6) is -1.05. The van der Waals surface area contributed by atoms with E-state index in [0.29, 0.717) is 31.7 Å². The first kappa shape index (κ1) is 14.6. The highest BCUT2D eigenvalue weighted by Crippen LogP contribution is 2.10. The van der Waals surface area contributed by atoms with E-state index in [1.807, 2.05) is 0 Å². The maximum atomic E-state index is 11.6. The molecule has 0 atom stereocenters. The normalized spacial score (nSPS) is 10.3. The molecule has 0 aliphatic rings. The molecule has 1 rings (SSSR count). The summed E-state index contributed by atoms with van der Waals surface area (Å²) in [5.41, 5.74) is 0.380. The van der Waals surface area contributed by atoms with Crippen LogP contribution < -0.4 is 5.32 Å². The van der Waals surface area contributed by atoms with Crippen molar-refractivity contribution in [2.75, 3.05) is 13.7 Å². The maximum absolute atomic E-state index is 11.6. The molecule has 0 unspecified atom stereocenters. The number of amides is 1. The Morgan fingerprint density at radius 1 is 1.50 bits per heavy atom. The average Bonchev–Trinajstić information content (AvgIpc) is 2.77. The van der Waals surface area contributed by atoms with E-state index in [2.05, 4.69) is 10.3 Å². The van der Waals surface area contributed by atoms with Crippen molar-refractivity contribution < 1.29 is 19.4 Å². The number of hydrogen-bond donors (Lipinski definition) is 2. The number of thiazole rings is 1. The van der Waals surface area contributed by atoms with E-state index in [4.69, 9.17) is 9.84 Å². The molecule has 1 heterocycles. The first-order chi connectivity index (χ1) is 8.63. The van der Waals surface area contributed by atoms with Crippen LogP contribution in [0.5, 0.6) is 0 Å². The number of nitrogens with zero attached hydrogens (tertiary/aromatic N) is 1.